The molecule has 20 heavy (non-hydrogen) atoms. The van der Waals surface area contributed by atoms with Crippen LogP contribution < -0.4 is 5.32 Å². The van der Waals surface area contributed by atoms with Gasteiger partial charge in [-0.25, -0.2) is 14.6 Å². The van der Waals surface area contributed by atoms with Crippen molar-refractivity contribution in [1.29, 1.82) is 0 Å². The minimum absolute atomic E-state index is 0.0565. The Balaban J connectivity index is 1.75. The lowest BCUT2D eigenvalue weighted by molar-refractivity contribution is -0.141. The second-order valence-corrected chi connectivity index (χ2v) is 4.77. The van der Waals surface area contributed by atoms with Crippen molar-refractivity contribution in [1.82, 2.24) is 20.2 Å². The first kappa shape index (κ1) is 14.3. The van der Waals surface area contributed by atoms with Crippen molar-refractivity contribution in [3.63, 3.8) is 0 Å². The summed E-state index contributed by atoms with van der Waals surface area (Å²) in [4.78, 5) is 31.1. The lowest BCUT2D eigenvalue weighted by Crippen LogP contribution is -2.46. The molecule has 8 heteroatoms. The number of hydrogen-bond acceptors (Lipinski definition) is 4. The van der Waals surface area contributed by atoms with E-state index in [0.29, 0.717) is 19.4 Å². The van der Waals surface area contributed by atoms with Gasteiger partial charge in [0, 0.05) is 38.3 Å². The van der Waals surface area contributed by atoms with E-state index in [0.717, 1.165) is 5.82 Å². The van der Waals surface area contributed by atoms with Crippen molar-refractivity contribution in [3.8, 4) is 0 Å². The van der Waals surface area contributed by atoms with E-state index in [9.17, 15) is 14.7 Å². The number of carboxylic acid groups (broad SMARTS) is 1. The molecular formula is C12H18N4O4. The van der Waals surface area contributed by atoms with Crippen LogP contribution in [0.4, 0.5) is 4.79 Å². The topological polar surface area (TPSA) is 119 Å². The Bertz CT molecular complexity index is 462. The van der Waals surface area contributed by atoms with Crippen LogP contribution in [0.5, 0.6) is 0 Å². The molecule has 0 spiro atoms. The number of hydrogen-bond donors (Lipinski definition) is 4. The fraction of sp³-hybridized carbons (Fsp3) is 0.583. The van der Waals surface area contributed by atoms with E-state index in [4.69, 9.17) is 5.11 Å². The number of aryl methyl sites for hydroxylation is 1. The zero-order valence-electron chi connectivity index (χ0n) is 11.0. The van der Waals surface area contributed by atoms with Crippen LogP contribution in [-0.2, 0) is 11.2 Å². The second-order valence-electron chi connectivity index (χ2n) is 4.77. The highest BCUT2D eigenvalue weighted by molar-refractivity contribution is 5.83. The number of nitrogens with zero attached hydrogens (tertiary/aromatic N) is 2. The van der Waals surface area contributed by atoms with Gasteiger partial charge in [0.2, 0.25) is 0 Å². The van der Waals surface area contributed by atoms with Gasteiger partial charge in [0.1, 0.15) is 11.9 Å². The molecule has 2 amide bonds. The molecule has 0 aliphatic carbocycles. The number of amides is 2. The molecule has 1 fully saturated rings. The number of aliphatic hydroxyl groups is 1. The maximum Gasteiger partial charge on any atom is 0.326 e. The third kappa shape index (κ3) is 3.47. The van der Waals surface area contributed by atoms with Crippen LogP contribution in [0.25, 0.3) is 0 Å². The van der Waals surface area contributed by atoms with E-state index in [1.807, 2.05) is 0 Å². The van der Waals surface area contributed by atoms with E-state index in [1.54, 1.807) is 12.4 Å². The standard InChI is InChI=1S/C12H18N4O4/c17-8-6-9(11(18)19)16(7-8)12(20)15-3-1-2-10-13-4-5-14-10/h4-5,8-9,17H,1-3,6-7H2,(H,13,14)(H,15,20)(H,18,19)/t8-,9+/m1/s1. The van der Waals surface area contributed by atoms with E-state index in [-0.39, 0.29) is 13.0 Å². The molecular weight excluding hydrogens is 264 g/mol. The number of nitrogens with one attached hydrogen (secondary N) is 2. The number of carbonyl (C=O) groups is 2. The molecule has 1 aromatic heterocycles. The number of aliphatic carboxylic acids is 1. The summed E-state index contributed by atoms with van der Waals surface area (Å²) >= 11 is 0. The van der Waals surface area contributed by atoms with E-state index in [1.165, 1.54) is 4.90 Å². The quantitative estimate of drug-likeness (QED) is 0.547. The lowest BCUT2D eigenvalue weighted by atomic mass is 10.2. The third-order valence-electron chi connectivity index (χ3n) is 3.25. The maximum atomic E-state index is 11.9. The summed E-state index contributed by atoms with van der Waals surface area (Å²) in [7, 11) is 0. The molecule has 0 bridgehead atoms. The molecule has 0 unspecified atom stereocenters. The van der Waals surface area contributed by atoms with Crippen LogP contribution in [-0.4, -0.2) is 62.3 Å². The van der Waals surface area contributed by atoms with Gasteiger partial charge < -0.3 is 25.4 Å². The number of H-pyrrole nitrogens is 1. The first-order chi connectivity index (χ1) is 9.58. The molecule has 0 radical (unpaired) electrons. The third-order valence-corrected chi connectivity index (χ3v) is 3.25. The summed E-state index contributed by atoms with van der Waals surface area (Å²) in [6.45, 7) is 0.486. The Kier molecular flexibility index (Phi) is 4.57. The summed E-state index contributed by atoms with van der Waals surface area (Å²) in [5, 5.41) is 21.1. The molecule has 4 N–H and O–H groups in total. The number of likely N-dealkylation sites (tertiary alicyclic amines) is 1. The van der Waals surface area contributed by atoms with Crippen molar-refractivity contribution in [2.75, 3.05) is 13.1 Å². The zero-order valence-corrected chi connectivity index (χ0v) is 11.0. The molecule has 2 atom stereocenters. The highest BCUT2D eigenvalue weighted by Crippen LogP contribution is 2.17. The van der Waals surface area contributed by atoms with Gasteiger partial charge in [-0.3, -0.25) is 0 Å². The summed E-state index contributed by atoms with van der Waals surface area (Å²) in [6, 6.07) is -1.40. The van der Waals surface area contributed by atoms with Gasteiger partial charge in [0.05, 0.1) is 6.10 Å². The Labute approximate surface area is 115 Å². The van der Waals surface area contributed by atoms with Crippen LogP contribution in [0.1, 0.15) is 18.7 Å². The maximum absolute atomic E-state index is 11.9. The Morgan fingerprint density at radius 1 is 1.55 bits per heavy atom. The number of β-amino-alcohol motifs (C(OH)–C–C–N with tert-alkyl or cyclic N) is 1. The average Bonchev–Trinajstić information content (AvgIpc) is 3.03. The van der Waals surface area contributed by atoms with E-state index < -0.39 is 24.1 Å². The number of aliphatic hydroxyl groups excluding tert-OH is 1. The van der Waals surface area contributed by atoms with Gasteiger partial charge in [-0.2, -0.15) is 0 Å². The number of carboxylic acids is 1. The fourth-order valence-corrected chi connectivity index (χ4v) is 2.26. The van der Waals surface area contributed by atoms with Crippen molar-refractivity contribution in [3.05, 3.63) is 18.2 Å². The normalized spacial score (nSPS) is 21.9. The average molecular weight is 282 g/mol. The van der Waals surface area contributed by atoms with Gasteiger partial charge in [0.15, 0.2) is 0 Å². The van der Waals surface area contributed by atoms with Crippen LogP contribution in [0.3, 0.4) is 0 Å². The summed E-state index contributed by atoms with van der Waals surface area (Å²) in [6.07, 6.45) is 4.11. The SMILES string of the molecule is O=C(O)[C@@H]1C[C@@H](O)CN1C(=O)NCCCc1ncc[nH]1. The van der Waals surface area contributed by atoms with Crippen LogP contribution in [0, 0.1) is 0 Å². The molecule has 1 aromatic rings. The fourth-order valence-electron chi connectivity index (χ4n) is 2.26. The van der Waals surface area contributed by atoms with Gasteiger partial charge in [-0.05, 0) is 6.42 Å². The number of carbonyl (C=O) groups excluding carboxylic acids is 1. The van der Waals surface area contributed by atoms with E-state index >= 15 is 0 Å². The molecule has 1 aliphatic rings. The van der Waals surface area contributed by atoms with Crippen molar-refractivity contribution in [2.45, 2.75) is 31.4 Å². The summed E-state index contributed by atoms with van der Waals surface area (Å²) in [5.41, 5.74) is 0. The van der Waals surface area contributed by atoms with Gasteiger partial charge in [-0.15, -0.1) is 0 Å². The Morgan fingerprint density at radius 3 is 3.00 bits per heavy atom. The van der Waals surface area contributed by atoms with Crippen molar-refractivity contribution in [2.24, 2.45) is 0 Å². The number of rotatable bonds is 5. The number of imidazole rings is 1. The largest absolute Gasteiger partial charge is 0.480 e. The van der Waals surface area contributed by atoms with Gasteiger partial charge in [0.25, 0.3) is 0 Å². The first-order valence-electron chi connectivity index (χ1n) is 6.51. The molecule has 2 heterocycles. The predicted octanol–water partition coefficient (Wildman–Crippen LogP) is -0.428. The Hall–Kier alpha value is -2.09. The smallest absolute Gasteiger partial charge is 0.326 e. The Morgan fingerprint density at radius 2 is 2.35 bits per heavy atom. The molecule has 0 aromatic carbocycles. The molecule has 0 saturated carbocycles. The molecule has 110 valence electrons. The number of aromatic nitrogens is 2. The monoisotopic (exact) mass is 282 g/mol. The highest BCUT2D eigenvalue weighted by atomic mass is 16.4. The molecule has 8 nitrogen and oxygen atoms in total. The minimum Gasteiger partial charge on any atom is -0.480 e. The summed E-state index contributed by atoms with van der Waals surface area (Å²) < 4.78 is 0. The lowest BCUT2D eigenvalue weighted by Gasteiger charge is -2.21. The highest BCUT2D eigenvalue weighted by Gasteiger charge is 2.38. The molecule has 1 aliphatic heterocycles. The van der Waals surface area contributed by atoms with Crippen molar-refractivity contribution < 1.29 is 19.8 Å². The van der Waals surface area contributed by atoms with Crippen LogP contribution in [0.15, 0.2) is 12.4 Å². The predicted molar refractivity (Wildman–Crippen MR) is 69.1 cm³/mol. The van der Waals surface area contributed by atoms with Crippen LogP contribution in [0.2, 0.25) is 0 Å². The van der Waals surface area contributed by atoms with Gasteiger partial charge in [-0.1, -0.05) is 0 Å². The minimum atomic E-state index is -1.09. The molecule has 1 saturated heterocycles. The molecule has 2 rings (SSSR count). The van der Waals surface area contributed by atoms with E-state index in [2.05, 4.69) is 15.3 Å². The van der Waals surface area contributed by atoms with Crippen molar-refractivity contribution >= 4 is 12.0 Å². The number of aromatic amines is 1. The van der Waals surface area contributed by atoms with Gasteiger partial charge >= 0.3 is 12.0 Å². The van der Waals surface area contributed by atoms with Crippen LogP contribution >= 0.6 is 0 Å². The number of urea groups is 1. The zero-order chi connectivity index (χ0) is 14.5. The first-order valence-corrected chi connectivity index (χ1v) is 6.51. The second kappa shape index (κ2) is 6.38. The summed E-state index contributed by atoms with van der Waals surface area (Å²) in [5.74, 6) is -0.244.